The van der Waals surface area contributed by atoms with Crippen molar-refractivity contribution in [2.45, 2.75) is 45.8 Å². The number of fused-ring (bicyclic) bond motifs is 2. The summed E-state index contributed by atoms with van der Waals surface area (Å²) in [6, 6.07) is 15.6. The van der Waals surface area contributed by atoms with Crippen LogP contribution in [0.1, 0.15) is 41.7 Å². The molecule has 1 unspecified atom stereocenters. The van der Waals surface area contributed by atoms with Crippen LogP contribution in [0.3, 0.4) is 0 Å². The number of carbonyl (C=O) groups excluding carboxylic acids is 1. The fourth-order valence-corrected chi connectivity index (χ4v) is 5.79. The first-order valence-corrected chi connectivity index (χ1v) is 12.3. The van der Waals surface area contributed by atoms with Gasteiger partial charge >= 0.3 is 0 Å². The second-order valence-electron chi connectivity index (χ2n) is 10.4. The van der Waals surface area contributed by atoms with Crippen molar-refractivity contribution in [1.29, 1.82) is 0 Å². The van der Waals surface area contributed by atoms with E-state index in [-0.39, 0.29) is 12.5 Å². The Hall–Kier alpha value is -3.97. The van der Waals surface area contributed by atoms with E-state index in [9.17, 15) is 10.0 Å². The molecule has 0 saturated heterocycles. The predicted octanol–water partition coefficient (Wildman–Crippen LogP) is 6.07. The summed E-state index contributed by atoms with van der Waals surface area (Å²) in [5, 5.41) is 14.5. The maximum atomic E-state index is 13.6. The summed E-state index contributed by atoms with van der Waals surface area (Å²) in [4.78, 5) is 15.6. The molecule has 0 aromatic heterocycles. The molecule has 0 bridgehead atoms. The zero-order chi connectivity index (χ0) is 26.5. The molecular weight excluding hydrogens is 466 g/mol. The van der Waals surface area contributed by atoms with Gasteiger partial charge in [0, 0.05) is 28.7 Å². The molecule has 7 nitrogen and oxygen atoms in total. The van der Waals surface area contributed by atoms with E-state index in [1.54, 1.807) is 19.2 Å². The van der Waals surface area contributed by atoms with E-state index in [0.717, 1.165) is 39.2 Å². The Balaban J connectivity index is 1.57. The standard InChI is InChI=1S/C30H32N3O4/c1-18-13-19(2)27(20(3)14-18)31-26(34)17-33-24-10-8-7-9-23(24)29(4,5)30(33)12-11-21-15-22(32-35)16-25(36-6)28(21)37-30/h7-16,32H,17H2,1-6H3,(H,31,34)/q-1. The van der Waals surface area contributed by atoms with Crippen LogP contribution in [-0.2, 0) is 10.2 Å². The minimum atomic E-state index is -1.00. The van der Waals surface area contributed by atoms with Gasteiger partial charge in [0.05, 0.1) is 12.5 Å². The Labute approximate surface area is 217 Å². The number of ether oxygens (including phenoxy) is 2. The molecule has 1 amide bonds. The number of hydrogen-bond acceptors (Lipinski definition) is 6. The third-order valence-corrected chi connectivity index (χ3v) is 7.58. The van der Waals surface area contributed by atoms with Crippen LogP contribution in [0.2, 0.25) is 0 Å². The van der Waals surface area contributed by atoms with E-state index in [1.165, 1.54) is 0 Å². The molecule has 5 rings (SSSR count). The Morgan fingerprint density at radius 2 is 1.78 bits per heavy atom. The first-order valence-electron chi connectivity index (χ1n) is 12.3. The van der Waals surface area contributed by atoms with Crippen LogP contribution in [0.4, 0.5) is 17.1 Å². The fourth-order valence-electron chi connectivity index (χ4n) is 5.79. The van der Waals surface area contributed by atoms with Gasteiger partial charge in [-0.1, -0.05) is 35.9 Å². The van der Waals surface area contributed by atoms with Crippen LogP contribution in [0.5, 0.6) is 11.5 Å². The lowest BCUT2D eigenvalue weighted by atomic mass is 9.76. The molecule has 192 valence electrons. The summed E-state index contributed by atoms with van der Waals surface area (Å²) in [6.45, 7) is 10.4. The molecule has 37 heavy (non-hydrogen) atoms. The van der Waals surface area contributed by atoms with Gasteiger partial charge in [-0.2, -0.15) is 0 Å². The summed E-state index contributed by atoms with van der Waals surface area (Å²) >= 11 is 0. The molecule has 0 fully saturated rings. The summed E-state index contributed by atoms with van der Waals surface area (Å²) in [5.41, 5.74) is 7.58. The van der Waals surface area contributed by atoms with Crippen molar-refractivity contribution in [3.8, 4) is 11.5 Å². The van der Waals surface area contributed by atoms with Gasteiger partial charge in [0.2, 0.25) is 11.6 Å². The zero-order valence-electron chi connectivity index (χ0n) is 22.1. The number of anilines is 3. The monoisotopic (exact) mass is 498 g/mol. The van der Waals surface area contributed by atoms with Crippen LogP contribution >= 0.6 is 0 Å². The number of benzene rings is 3. The largest absolute Gasteiger partial charge is 0.761 e. The van der Waals surface area contributed by atoms with Crippen LogP contribution in [0.25, 0.3) is 6.08 Å². The fraction of sp³-hybridized carbons (Fsp3) is 0.300. The lowest BCUT2D eigenvalue weighted by Crippen LogP contribution is -2.61. The van der Waals surface area contributed by atoms with Crippen molar-refractivity contribution in [1.82, 2.24) is 0 Å². The second-order valence-corrected chi connectivity index (χ2v) is 10.4. The highest BCUT2D eigenvalue weighted by Gasteiger charge is 2.59. The number of rotatable bonds is 5. The van der Waals surface area contributed by atoms with Crippen molar-refractivity contribution < 1.29 is 14.3 Å². The van der Waals surface area contributed by atoms with Gasteiger partial charge < -0.3 is 30.4 Å². The summed E-state index contributed by atoms with van der Waals surface area (Å²) in [6.07, 6.45) is 3.92. The van der Waals surface area contributed by atoms with Crippen LogP contribution < -0.4 is 25.2 Å². The Bertz CT molecular complexity index is 1410. The SMILES string of the molecule is COc1cc(N[O-])cc2c1OC1(C=C2)N(CC(=O)Nc2c(C)cc(C)cc2C)c2ccccc2C1(C)C. The average molecular weight is 499 g/mol. The highest BCUT2D eigenvalue weighted by molar-refractivity contribution is 5.96. The average Bonchev–Trinajstić information content (AvgIpc) is 3.04. The maximum absolute atomic E-state index is 13.6. The Morgan fingerprint density at radius 3 is 2.46 bits per heavy atom. The van der Waals surface area contributed by atoms with Gasteiger partial charge in [-0.3, -0.25) is 4.79 Å². The number of amides is 1. The molecular formula is C30H32N3O4-. The van der Waals surface area contributed by atoms with Crippen LogP contribution in [0.15, 0.2) is 54.6 Å². The number of hydrogen-bond donors (Lipinski definition) is 2. The molecule has 2 N–H and O–H groups in total. The highest BCUT2D eigenvalue weighted by atomic mass is 16.5. The van der Waals surface area contributed by atoms with Crippen molar-refractivity contribution in [3.63, 3.8) is 0 Å². The molecule has 3 aromatic rings. The van der Waals surface area contributed by atoms with Gasteiger partial charge in [-0.25, -0.2) is 0 Å². The van der Waals surface area contributed by atoms with Gasteiger partial charge in [0.25, 0.3) is 0 Å². The number of aryl methyl sites for hydroxylation is 3. The van der Waals surface area contributed by atoms with E-state index in [0.29, 0.717) is 17.2 Å². The van der Waals surface area contributed by atoms with E-state index < -0.39 is 11.1 Å². The first kappa shape index (κ1) is 24.7. The summed E-state index contributed by atoms with van der Waals surface area (Å²) < 4.78 is 12.4. The minimum Gasteiger partial charge on any atom is -0.761 e. The normalized spacial score (nSPS) is 18.7. The van der Waals surface area contributed by atoms with Crippen LogP contribution in [-0.4, -0.2) is 25.3 Å². The number of nitrogens with zero attached hydrogens (tertiary/aromatic N) is 1. The molecule has 0 aliphatic carbocycles. The van der Waals surface area contributed by atoms with Gasteiger partial charge in [0.15, 0.2) is 11.5 Å². The second kappa shape index (κ2) is 8.85. The van der Waals surface area contributed by atoms with Crippen molar-refractivity contribution in [2.75, 3.05) is 29.4 Å². The summed E-state index contributed by atoms with van der Waals surface area (Å²) in [5.74, 6) is 0.838. The Morgan fingerprint density at radius 1 is 1.08 bits per heavy atom. The third-order valence-electron chi connectivity index (χ3n) is 7.58. The number of nitrogens with one attached hydrogen (secondary N) is 2. The van der Waals surface area contributed by atoms with Crippen LogP contribution in [0, 0.1) is 26.0 Å². The molecule has 2 aliphatic heterocycles. The molecule has 3 aromatic carbocycles. The van der Waals surface area contributed by atoms with Gasteiger partial charge in [-0.15, -0.1) is 0 Å². The molecule has 0 radical (unpaired) electrons. The minimum absolute atomic E-state index is 0.0788. The zero-order valence-corrected chi connectivity index (χ0v) is 22.1. The van der Waals surface area contributed by atoms with Gasteiger partial charge in [0.1, 0.15) is 6.54 Å². The highest BCUT2D eigenvalue weighted by Crippen LogP contribution is 2.56. The van der Waals surface area contributed by atoms with Crippen molar-refractivity contribution in [2.24, 2.45) is 0 Å². The van der Waals surface area contributed by atoms with Crippen molar-refractivity contribution >= 4 is 29.0 Å². The maximum Gasteiger partial charge on any atom is 0.244 e. The van der Waals surface area contributed by atoms with Gasteiger partial charge in [-0.05, 0) is 75.6 Å². The Kier molecular flexibility index (Phi) is 5.91. The third kappa shape index (κ3) is 3.81. The quantitative estimate of drug-likeness (QED) is 0.416. The van der Waals surface area contributed by atoms with E-state index in [2.05, 4.69) is 37.4 Å². The number of carbonyl (C=O) groups is 1. The van der Waals surface area contributed by atoms with E-state index in [1.807, 2.05) is 61.5 Å². The molecule has 1 spiro atoms. The molecule has 1 atom stereocenters. The van der Waals surface area contributed by atoms with E-state index in [4.69, 9.17) is 9.47 Å². The summed E-state index contributed by atoms with van der Waals surface area (Å²) in [7, 11) is 1.55. The van der Waals surface area contributed by atoms with Crippen molar-refractivity contribution in [3.05, 3.63) is 87.6 Å². The first-order chi connectivity index (χ1) is 17.6. The lowest BCUT2D eigenvalue weighted by Gasteiger charge is -2.47. The molecule has 7 heteroatoms. The molecule has 0 saturated carbocycles. The van der Waals surface area contributed by atoms with E-state index >= 15 is 0 Å². The number of methoxy groups -OCH3 is 1. The molecule has 2 heterocycles. The predicted molar refractivity (Wildman–Crippen MR) is 148 cm³/mol. The lowest BCUT2D eigenvalue weighted by molar-refractivity contribution is -0.115. The molecule has 2 aliphatic rings. The number of para-hydroxylation sites is 1. The smallest absolute Gasteiger partial charge is 0.244 e. The topological polar surface area (TPSA) is 85.9 Å².